The molecule has 70 valence electrons. The highest BCUT2D eigenvalue weighted by atomic mass is 19.1. The Bertz CT molecular complexity index is 170. The topological polar surface area (TPSA) is 23.5 Å². The molecule has 0 aromatic rings. The zero-order valence-corrected chi connectivity index (χ0v) is 7.30. The molecule has 1 aliphatic heterocycles. The maximum atomic E-state index is 12.8. The second-order valence-electron chi connectivity index (χ2n) is 4.28. The van der Waals surface area contributed by atoms with Crippen LogP contribution in [0.4, 0.5) is 4.39 Å². The SMILES string of the molecule is OCC1(CN2CCC(F)C2)CC1. The number of hydrogen-bond acceptors (Lipinski definition) is 2. The van der Waals surface area contributed by atoms with E-state index in [9.17, 15) is 4.39 Å². The summed E-state index contributed by atoms with van der Waals surface area (Å²) in [7, 11) is 0. The quantitative estimate of drug-likeness (QED) is 0.682. The Kier molecular flexibility index (Phi) is 2.09. The number of halogens is 1. The number of aliphatic hydroxyl groups is 1. The van der Waals surface area contributed by atoms with Gasteiger partial charge in [0.1, 0.15) is 6.17 Å². The molecule has 3 heteroatoms. The van der Waals surface area contributed by atoms with Crippen molar-refractivity contribution in [2.75, 3.05) is 26.2 Å². The molecule has 12 heavy (non-hydrogen) atoms. The van der Waals surface area contributed by atoms with Crippen LogP contribution in [0.5, 0.6) is 0 Å². The van der Waals surface area contributed by atoms with Crippen LogP contribution in [-0.2, 0) is 0 Å². The molecule has 1 saturated heterocycles. The highest BCUT2D eigenvalue weighted by Crippen LogP contribution is 2.46. The number of alkyl halides is 1. The molecule has 0 aromatic heterocycles. The fourth-order valence-electron chi connectivity index (χ4n) is 1.95. The lowest BCUT2D eigenvalue weighted by atomic mass is 10.1. The summed E-state index contributed by atoms with van der Waals surface area (Å²) in [5, 5.41) is 9.06. The highest BCUT2D eigenvalue weighted by molar-refractivity contribution is 4.96. The van der Waals surface area contributed by atoms with Gasteiger partial charge in [0.05, 0.1) is 0 Å². The summed E-state index contributed by atoms with van der Waals surface area (Å²) < 4.78 is 12.8. The summed E-state index contributed by atoms with van der Waals surface area (Å²) in [6, 6.07) is 0. The van der Waals surface area contributed by atoms with Gasteiger partial charge in [-0.15, -0.1) is 0 Å². The average molecular weight is 173 g/mol. The van der Waals surface area contributed by atoms with E-state index in [0.717, 1.165) is 25.9 Å². The third kappa shape index (κ3) is 1.62. The standard InChI is InChI=1S/C9H16FNO/c10-8-1-4-11(5-8)6-9(7-12)2-3-9/h8,12H,1-7H2. The smallest absolute Gasteiger partial charge is 0.114 e. The van der Waals surface area contributed by atoms with Crippen molar-refractivity contribution in [2.24, 2.45) is 5.41 Å². The molecule has 0 spiro atoms. The molecule has 1 saturated carbocycles. The van der Waals surface area contributed by atoms with Crippen molar-refractivity contribution in [1.29, 1.82) is 0 Å². The first-order valence-electron chi connectivity index (χ1n) is 4.71. The van der Waals surface area contributed by atoms with Gasteiger partial charge in [0, 0.05) is 31.7 Å². The summed E-state index contributed by atoms with van der Waals surface area (Å²) >= 11 is 0. The van der Waals surface area contributed by atoms with Crippen molar-refractivity contribution in [2.45, 2.75) is 25.4 Å². The van der Waals surface area contributed by atoms with Crippen LogP contribution in [0, 0.1) is 5.41 Å². The second kappa shape index (κ2) is 2.96. The Hall–Kier alpha value is -0.150. The van der Waals surface area contributed by atoms with Crippen LogP contribution < -0.4 is 0 Å². The third-order valence-corrected chi connectivity index (χ3v) is 3.07. The van der Waals surface area contributed by atoms with Crippen LogP contribution in [0.3, 0.4) is 0 Å². The van der Waals surface area contributed by atoms with Gasteiger partial charge in [0.25, 0.3) is 0 Å². The van der Waals surface area contributed by atoms with Gasteiger partial charge in [-0.05, 0) is 19.3 Å². The molecule has 2 aliphatic rings. The molecule has 1 unspecified atom stereocenters. The minimum absolute atomic E-state index is 0.157. The molecule has 0 amide bonds. The van der Waals surface area contributed by atoms with Crippen LogP contribution >= 0.6 is 0 Å². The summed E-state index contributed by atoms with van der Waals surface area (Å²) in [4.78, 5) is 2.15. The van der Waals surface area contributed by atoms with Crippen molar-refractivity contribution in [3.63, 3.8) is 0 Å². The van der Waals surface area contributed by atoms with Gasteiger partial charge in [-0.1, -0.05) is 0 Å². The van der Waals surface area contributed by atoms with E-state index in [1.165, 1.54) is 0 Å². The molecular formula is C9H16FNO. The lowest BCUT2D eigenvalue weighted by Crippen LogP contribution is -2.30. The Labute approximate surface area is 72.4 Å². The molecular weight excluding hydrogens is 157 g/mol. The average Bonchev–Trinajstić information content (AvgIpc) is 2.71. The van der Waals surface area contributed by atoms with Crippen LogP contribution in [-0.4, -0.2) is 42.4 Å². The van der Waals surface area contributed by atoms with Gasteiger partial charge in [0.15, 0.2) is 0 Å². The summed E-state index contributed by atoms with van der Waals surface area (Å²) in [6.07, 6.45) is 2.30. The molecule has 1 atom stereocenters. The molecule has 2 rings (SSSR count). The number of hydrogen-bond donors (Lipinski definition) is 1. The zero-order valence-electron chi connectivity index (χ0n) is 7.30. The fraction of sp³-hybridized carbons (Fsp3) is 1.00. The maximum Gasteiger partial charge on any atom is 0.114 e. The molecule has 0 bridgehead atoms. The van der Waals surface area contributed by atoms with Gasteiger partial charge >= 0.3 is 0 Å². The van der Waals surface area contributed by atoms with Gasteiger partial charge in [-0.3, -0.25) is 4.90 Å². The van der Waals surface area contributed by atoms with E-state index in [-0.39, 0.29) is 12.0 Å². The molecule has 2 fully saturated rings. The minimum Gasteiger partial charge on any atom is -0.396 e. The van der Waals surface area contributed by atoms with Crippen LogP contribution in [0.15, 0.2) is 0 Å². The predicted octanol–water partition coefficient (Wildman–Crippen LogP) is 0.803. The van der Waals surface area contributed by atoms with Crippen LogP contribution in [0.25, 0.3) is 0 Å². The molecule has 1 aliphatic carbocycles. The van der Waals surface area contributed by atoms with Gasteiger partial charge < -0.3 is 5.11 Å². The van der Waals surface area contributed by atoms with E-state index < -0.39 is 6.17 Å². The van der Waals surface area contributed by atoms with Gasteiger partial charge in [-0.25, -0.2) is 4.39 Å². The van der Waals surface area contributed by atoms with E-state index in [1.54, 1.807) is 0 Å². The Morgan fingerprint density at radius 2 is 2.25 bits per heavy atom. The molecule has 0 aromatic carbocycles. The van der Waals surface area contributed by atoms with E-state index in [1.807, 2.05) is 0 Å². The monoisotopic (exact) mass is 173 g/mol. The van der Waals surface area contributed by atoms with E-state index in [0.29, 0.717) is 13.0 Å². The number of nitrogens with zero attached hydrogens (tertiary/aromatic N) is 1. The zero-order chi connectivity index (χ0) is 8.60. The van der Waals surface area contributed by atoms with Crippen LogP contribution in [0.2, 0.25) is 0 Å². The fourth-order valence-corrected chi connectivity index (χ4v) is 1.95. The lowest BCUT2D eigenvalue weighted by molar-refractivity contribution is 0.158. The Balaban J connectivity index is 1.80. The second-order valence-corrected chi connectivity index (χ2v) is 4.28. The molecule has 0 radical (unpaired) electrons. The van der Waals surface area contributed by atoms with E-state index in [2.05, 4.69) is 4.90 Å². The molecule has 1 N–H and O–H groups in total. The summed E-state index contributed by atoms with van der Waals surface area (Å²) in [6.45, 7) is 2.65. The lowest BCUT2D eigenvalue weighted by Gasteiger charge is -2.20. The molecule has 2 nitrogen and oxygen atoms in total. The minimum atomic E-state index is -0.625. The third-order valence-electron chi connectivity index (χ3n) is 3.07. The highest BCUT2D eigenvalue weighted by Gasteiger charge is 2.44. The van der Waals surface area contributed by atoms with Crippen molar-refractivity contribution in [3.05, 3.63) is 0 Å². The van der Waals surface area contributed by atoms with Crippen molar-refractivity contribution < 1.29 is 9.50 Å². The predicted molar refractivity (Wildman–Crippen MR) is 44.7 cm³/mol. The largest absolute Gasteiger partial charge is 0.396 e. The summed E-state index contributed by atoms with van der Waals surface area (Å²) in [5.41, 5.74) is 0.157. The number of likely N-dealkylation sites (tertiary alicyclic amines) is 1. The van der Waals surface area contributed by atoms with E-state index in [4.69, 9.17) is 5.11 Å². The first-order valence-corrected chi connectivity index (χ1v) is 4.71. The first-order chi connectivity index (χ1) is 5.74. The van der Waals surface area contributed by atoms with Crippen LogP contribution in [0.1, 0.15) is 19.3 Å². The van der Waals surface area contributed by atoms with Crippen molar-refractivity contribution >= 4 is 0 Å². The van der Waals surface area contributed by atoms with Gasteiger partial charge in [-0.2, -0.15) is 0 Å². The maximum absolute atomic E-state index is 12.8. The normalized spacial score (nSPS) is 34.0. The number of rotatable bonds is 3. The first kappa shape index (κ1) is 8.45. The van der Waals surface area contributed by atoms with E-state index >= 15 is 0 Å². The Morgan fingerprint density at radius 3 is 2.67 bits per heavy atom. The van der Waals surface area contributed by atoms with Crippen molar-refractivity contribution in [3.8, 4) is 0 Å². The summed E-state index contributed by atoms with van der Waals surface area (Å²) in [5.74, 6) is 0. The Morgan fingerprint density at radius 1 is 1.50 bits per heavy atom. The molecule has 1 heterocycles. The van der Waals surface area contributed by atoms with Crippen molar-refractivity contribution in [1.82, 2.24) is 4.90 Å². The number of aliphatic hydroxyl groups excluding tert-OH is 1. The van der Waals surface area contributed by atoms with Gasteiger partial charge in [0.2, 0.25) is 0 Å².